The van der Waals surface area contributed by atoms with E-state index in [9.17, 15) is 9.59 Å². The maximum atomic E-state index is 11.9. The minimum absolute atomic E-state index is 0.0305. The lowest BCUT2D eigenvalue weighted by molar-refractivity contribution is -0.121. The summed E-state index contributed by atoms with van der Waals surface area (Å²) in [6.45, 7) is 1.51. The molecule has 1 aliphatic rings. The van der Waals surface area contributed by atoms with E-state index in [1.807, 2.05) is 11.4 Å². The van der Waals surface area contributed by atoms with Crippen LogP contribution in [0.25, 0.3) is 0 Å². The minimum Gasteiger partial charge on any atom is -0.356 e. The van der Waals surface area contributed by atoms with E-state index in [-0.39, 0.29) is 24.5 Å². The minimum atomic E-state index is -0.0875. The average molecular weight is 346 g/mol. The molecule has 2 aromatic heterocycles. The first-order valence-corrected chi connectivity index (χ1v) is 9.36. The third-order valence-electron chi connectivity index (χ3n) is 4.23. The van der Waals surface area contributed by atoms with Gasteiger partial charge in [0.2, 0.25) is 5.91 Å². The van der Waals surface area contributed by atoms with Gasteiger partial charge in [0.15, 0.2) is 5.78 Å². The van der Waals surface area contributed by atoms with Crippen molar-refractivity contribution >= 4 is 23.0 Å². The Labute approximate surface area is 145 Å². The van der Waals surface area contributed by atoms with E-state index in [1.165, 1.54) is 24.2 Å². The lowest BCUT2D eigenvalue weighted by atomic mass is 10.2. The number of carbonyl (C=O) groups excluding carboxylic acids is 2. The normalized spacial score (nSPS) is 14.0. The summed E-state index contributed by atoms with van der Waals surface area (Å²) in [6.07, 6.45) is 5.73. The van der Waals surface area contributed by atoms with Crippen LogP contribution in [0.4, 0.5) is 0 Å². The molecule has 0 saturated carbocycles. The molecule has 2 aromatic rings. The summed E-state index contributed by atoms with van der Waals surface area (Å²) in [7, 11) is 0. The molecule has 0 aliphatic carbocycles. The van der Waals surface area contributed by atoms with Crippen LogP contribution in [0.5, 0.6) is 0 Å². The third-order valence-corrected chi connectivity index (χ3v) is 5.14. The number of hydrogen-bond donors (Lipinski definition) is 1. The number of carbonyl (C=O) groups is 2. The number of hydrogen-bond acceptors (Lipinski definition) is 5. The summed E-state index contributed by atoms with van der Waals surface area (Å²) in [6, 6.07) is 3.64. The van der Waals surface area contributed by atoms with Crippen LogP contribution in [0.3, 0.4) is 0 Å². The van der Waals surface area contributed by atoms with Crippen LogP contribution in [-0.2, 0) is 24.2 Å². The van der Waals surface area contributed by atoms with Crippen molar-refractivity contribution in [3.05, 3.63) is 34.0 Å². The molecule has 6 nitrogen and oxygen atoms in total. The van der Waals surface area contributed by atoms with Gasteiger partial charge in [-0.25, -0.2) is 0 Å². The Morgan fingerprint density at radius 2 is 2.12 bits per heavy atom. The number of nitrogens with zero attached hydrogens (tertiary/aromatic N) is 3. The van der Waals surface area contributed by atoms with Gasteiger partial charge in [-0.15, -0.1) is 21.5 Å². The molecule has 0 radical (unpaired) electrons. The first kappa shape index (κ1) is 16.8. The number of aromatic nitrogens is 3. The molecule has 3 heterocycles. The fourth-order valence-electron chi connectivity index (χ4n) is 2.92. The Kier molecular flexibility index (Phi) is 5.74. The quantitative estimate of drug-likeness (QED) is 0.781. The standard InChI is InChI=1S/C17H22N4O2S/c22-13(14-5-4-12-24-14)7-8-17(23)18-10-9-16-20-19-15-6-2-1-3-11-21(15)16/h4-5,12H,1-3,6-11H2,(H,18,23). The van der Waals surface area contributed by atoms with Crippen molar-refractivity contribution in [2.45, 2.75) is 51.5 Å². The van der Waals surface area contributed by atoms with Gasteiger partial charge < -0.3 is 9.88 Å². The second-order valence-electron chi connectivity index (χ2n) is 6.00. The number of fused-ring (bicyclic) bond motifs is 1. The predicted molar refractivity (Wildman–Crippen MR) is 92.2 cm³/mol. The molecule has 3 rings (SSSR count). The fraction of sp³-hybridized carbons (Fsp3) is 0.529. The van der Waals surface area contributed by atoms with Crippen molar-refractivity contribution in [2.24, 2.45) is 0 Å². The molecule has 1 N–H and O–H groups in total. The van der Waals surface area contributed by atoms with Gasteiger partial charge in [-0.3, -0.25) is 9.59 Å². The largest absolute Gasteiger partial charge is 0.356 e. The highest BCUT2D eigenvalue weighted by atomic mass is 32.1. The first-order valence-electron chi connectivity index (χ1n) is 8.48. The van der Waals surface area contributed by atoms with Gasteiger partial charge in [-0.1, -0.05) is 12.5 Å². The van der Waals surface area contributed by atoms with Crippen LogP contribution in [0.1, 0.15) is 53.4 Å². The van der Waals surface area contributed by atoms with Crippen molar-refractivity contribution in [1.82, 2.24) is 20.1 Å². The van der Waals surface area contributed by atoms with Crippen molar-refractivity contribution in [3.63, 3.8) is 0 Å². The van der Waals surface area contributed by atoms with Gasteiger partial charge in [-0.05, 0) is 24.3 Å². The Morgan fingerprint density at radius 1 is 1.21 bits per heavy atom. The number of Topliss-reactive ketones (excluding diaryl/α,β-unsaturated/α-hetero) is 1. The topological polar surface area (TPSA) is 76.9 Å². The molecule has 1 aliphatic heterocycles. The molecule has 24 heavy (non-hydrogen) atoms. The summed E-state index contributed by atoms with van der Waals surface area (Å²) < 4.78 is 2.19. The number of ketones is 1. The van der Waals surface area contributed by atoms with E-state index in [0.29, 0.717) is 17.8 Å². The van der Waals surface area contributed by atoms with Gasteiger partial charge in [-0.2, -0.15) is 0 Å². The number of amides is 1. The highest BCUT2D eigenvalue weighted by Crippen LogP contribution is 2.14. The Morgan fingerprint density at radius 3 is 2.96 bits per heavy atom. The molecular formula is C17H22N4O2S. The molecule has 0 bridgehead atoms. The molecule has 0 unspecified atom stereocenters. The van der Waals surface area contributed by atoms with Gasteiger partial charge >= 0.3 is 0 Å². The zero-order valence-electron chi connectivity index (χ0n) is 13.7. The number of nitrogens with one attached hydrogen (secondary N) is 1. The molecule has 128 valence electrons. The van der Waals surface area contributed by atoms with Crippen LogP contribution < -0.4 is 5.32 Å². The van der Waals surface area contributed by atoms with E-state index < -0.39 is 0 Å². The maximum Gasteiger partial charge on any atom is 0.220 e. The lowest BCUT2D eigenvalue weighted by Crippen LogP contribution is -2.26. The van der Waals surface area contributed by atoms with Gasteiger partial charge in [0.1, 0.15) is 11.6 Å². The smallest absolute Gasteiger partial charge is 0.220 e. The van der Waals surface area contributed by atoms with Gasteiger partial charge in [0.05, 0.1) is 4.88 Å². The predicted octanol–water partition coefficient (Wildman–Crippen LogP) is 2.39. The summed E-state index contributed by atoms with van der Waals surface area (Å²) in [5.41, 5.74) is 0. The zero-order valence-corrected chi connectivity index (χ0v) is 14.5. The molecule has 1 amide bonds. The van der Waals surface area contributed by atoms with Crippen LogP contribution in [0, 0.1) is 0 Å². The zero-order chi connectivity index (χ0) is 16.8. The Bertz CT molecular complexity index is 694. The van der Waals surface area contributed by atoms with Crippen molar-refractivity contribution < 1.29 is 9.59 Å². The summed E-state index contributed by atoms with van der Waals surface area (Å²) >= 11 is 1.41. The highest BCUT2D eigenvalue weighted by molar-refractivity contribution is 7.12. The molecule has 0 spiro atoms. The van der Waals surface area contributed by atoms with Crippen molar-refractivity contribution in [3.8, 4) is 0 Å². The monoisotopic (exact) mass is 346 g/mol. The number of thiophene rings is 1. The molecular weight excluding hydrogens is 324 g/mol. The third kappa shape index (κ3) is 4.29. The van der Waals surface area contributed by atoms with E-state index in [1.54, 1.807) is 6.07 Å². The van der Waals surface area contributed by atoms with Crippen LogP contribution in [0.2, 0.25) is 0 Å². The SMILES string of the molecule is O=C(CCC(=O)c1cccs1)NCCc1nnc2n1CCCCC2. The Hall–Kier alpha value is -2.02. The number of rotatable bonds is 7. The average Bonchev–Trinajstić information content (AvgIpc) is 3.18. The fourth-order valence-corrected chi connectivity index (χ4v) is 3.61. The van der Waals surface area contributed by atoms with E-state index in [4.69, 9.17) is 0 Å². The van der Waals surface area contributed by atoms with Crippen LogP contribution in [0.15, 0.2) is 17.5 Å². The second kappa shape index (κ2) is 8.19. The van der Waals surface area contributed by atoms with Crippen LogP contribution >= 0.6 is 11.3 Å². The first-order chi connectivity index (χ1) is 11.7. The maximum absolute atomic E-state index is 11.9. The van der Waals surface area contributed by atoms with E-state index >= 15 is 0 Å². The summed E-state index contributed by atoms with van der Waals surface area (Å²) in [4.78, 5) is 24.5. The number of aryl methyl sites for hydroxylation is 1. The van der Waals surface area contributed by atoms with Crippen molar-refractivity contribution in [1.29, 1.82) is 0 Å². The summed E-state index contributed by atoms with van der Waals surface area (Å²) in [5, 5.41) is 13.3. The molecule has 0 aromatic carbocycles. The molecule has 7 heteroatoms. The Balaban J connectivity index is 1.41. The molecule has 0 atom stereocenters. The molecule has 0 fully saturated rings. The second-order valence-corrected chi connectivity index (χ2v) is 6.94. The van der Waals surface area contributed by atoms with E-state index in [2.05, 4.69) is 20.1 Å². The lowest BCUT2D eigenvalue weighted by Gasteiger charge is -2.08. The van der Waals surface area contributed by atoms with Gasteiger partial charge in [0, 0.05) is 38.8 Å². The highest BCUT2D eigenvalue weighted by Gasteiger charge is 2.15. The van der Waals surface area contributed by atoms with E-state index in [0.717, 1.165) is 31.0 Å². The van der Waals surface area contributed by atoms with Crippen molar-refractivity contribution in [2.75, 3.05) is 6.54 Å². The summed E-state index contributed by atoms with van der Waals surface area (Å²) in [5.74, 6) is 1.95. The van der Waals surface area contributed by atoms with Crippen LogP contribution in [-0.4, -0.2) is 33.0 Å². The molecule has 0 saturated heterocycles. The van der Waals surface area contributed by atoms with Gasteiger partial charge in [0.25, 0.3) is 0 Å².